The first-order valence-corrected chi connectivity index (χ1v) is 10.9. The van der Waals surface area contributed by atoms with Crippen LogP contribution in [0.1, 0.15) is 44.0 Å². The van der Waals surface area contributed by atoms with Gasteiger partial charge in [-0.15, -0.1) is 0 Å². The van der Waals surface area contributed by atoms with Gasteiger partial charge in [-0.3, -0.25) is 9.59 Å². The lowest BCUT2D eigenvalue weighted by Crippen LogP contribution is -2.47. The Kier molecular flexibility index (Phi) is 6.73. The largest absolute Gasteiger partial charge is 0.342 e. The maximum absolute atomic E-state index is 12.8. The van der Waals surface area contributed by atoms with Gasteiger partial charge in [0.2, 0.25) is 11.8 Å². The number of amides is 2. The Labute approximate surface area is 166 Å². The molecule has 3 rings (SSSR count). The zero-order valence-corrected chi connectivity index (χ0v) is 17.4. The fraction of sp³-hybridized carbons (Fsp3) is 0.700. The second-order valence-electron chi connectivity index (χ2n) is 7.91. The van der Waals surface area contributed by atoms with Crippen LogP contribution in [0.15, 0.2) is 11.2 Å². The van der Waals surface area contributed by atoms with Crippen molar-refractivity contribution in [1.82, 2.24) is 19.8 Å². The number of carbonyl (C=O) groups excluding carboxylic acids is 2. The molecule has 148 valence electrons. The molecule has 6 nitrogen and oxygen atoms in total. The van der Waals surface area contributed by atoms with E-state index in [9.17, 15) is 9.59 Å². The van der Waals surface area contributed by atoms with Crippen molar-refractivity contribution in [3.8, 4) is 0 Å². The number of likely N-dealkylation sites (tertiary alicyclic amines) is 2. The monoisotopic (exact) mass is 390 g/mol. The van der Waals surface area contributed by atoms with E-state index in [2.05, 4.69) is 16.9 Å². The molecule has 0 aromatic carbocycles. The summed E-state index contributed by atoms with van der Waals surface area (Å²) in [7, 11) is 0. The second-order valence-corrected chi connectivity index (χ2v) is 8.85. The van der Waals surface area contributed by atoms with Gasteiger partial charge in [-0.05, 0) is 51.5 Å². The molecule has 7 heteroatoms. The van der Waals surface area contributed by atoms with Crippen LogP contribution in [0.25, 0.3) is 0 Å². The lowest BCUT2D eigenvalue weighted by atomic mass is 9.93. The predicted octanol–water partition coefficient (Wildman–Crippen LogP) is 2.68. The highest BCUT2D eigenvalue weighted by molar-refractivity contribution is 7.99. The van der Waals surface area contributed by atoms with E-state index in [-0.39, 0.29) is 11.8 Å². The zero-order valence-electron chi connectivity index (χ0n) is 16.6. The SMILES string of the molecule is Cc1cc(C)nc(SCC(=O)N2CCC(C(=O)N3CCCC(C)C3)CC2)n1. The van der Waals surface area contributed by atoms with Gasteiger partial charge >= 0.3 is 0 Å². The molecule has 1 aromatic rings. The van der Waals surface area contributed by atoms with Crippen LogP contribution in [0.5, 0.6) is 0 Å². The van der Waals surface area contributed by atoms with Gasteiger partial charge in [0.15, 0.2) is 5.16 Å². The fourth-order valence-electron chi connectivity index (χ4n) is 4.00. The maximum atomic E-state index is 12.8. The van der Waals surface area contributed by atoms with Crippen LogP contribution in [0.4, 0.5) is 0 Å². The summed E-state index contributed by atoms with van der Waals surface area (Å²) in [5.41, 5.74) is 1.84. The lowest BCUT2D eigenvalue weighted by Gasteiger charge is -2.37. The molecule has 0 aliphatic carbocycles. The highest BCUT2D eigenvalue weighted by Crippen LogP contribution is 2.24. The smallest absolute Gasteiger partial charge is 0.233 e. The molecule has 0 spiro atoms. The van der Waals surface area contributed by atoms with Gasteiger partial charge < -0.3 is 9.80 Å². The lowest BCUT2D eigenvalue weighted by molar-refractivity contribution is -0.141. The Morgan fingerprint density at radius 3 is 2.37 bits per heavy atom. The van der Waals surface area contributed by atoms with E-state index >= 15 is 0 Å². The maximum Gasteiger partial charge on any atom is 0.233 e. The van der Waals surface area contributed by atoms with Crippen molar-refractivity contribution >= 4 is 23.6 Å². The van der Waals surface area contributed by atoms with Crippen LogP contribution in [-0.4, -0.2) is 63.5 Å². The Hall–Kier alpha value is -1.63. The number of piperidine rings is 2. The normalized spacial score (nSPS) is 21.4. The summed E-state index contributed by atoms with van der Waals surface area (Å²) in [6.07, 6.45) is 3.89. The number of aryl methyl sites for hydroxylation is 2. The topological polar surface area (TPSA) is 66.4 Å². The molecule has 2 fully saturated rings. The van der Waals surface area contributed by atoms with E-state index in [4.69, 9.17) is 0 Å². The first-order valence-electron chi connectivity index (χ1n) is 9.94. The van der Waals surface area contributed by atoms with Crippen LogP contribution >= 0.6 is 11.8 Å². The standard InChI is InChI=1S/C20H30N4O2S/c1-14-5-4-8-24(12-14)19(26)17-6-9-23(10-7-17)18(25)13-27-20-21-15(2)11-16(3)22-20/h11,14,17H,4-10,12-13H2,1-3H3. The number of nitrogens with zero attached hydrogens (tertiary/aromatic N) is 4. The highest BCUT2D eigenvalue weighted by Gasteiger charge is 2.31. The molecule has 1 unspecified atom stereocenters. The molecule has 1 atom stereocenters. The minimum Gasteiger partial charge on any atom is -0.342 e. The Morgan fingerprint density at radius 1 is 1.07 bits per heavy atom. The molecular formula is C20H30N4O2S. The molecule has 2 saturated heterocycles. The van der Waals surface area contributed by atoms with Gasteiger partial charge in [0.1, 0.15) is 0 Å². The van der Waals surface area contributed by atoms with Gasteiger partial charge in [0.05, 0.1) is 5.75 Å². The number of thioether (sulfide) groups is 1. The summed E-state index contributed by atoms with van der Waals surface area (Å²) < 4.78 is 0. The van der Waals surface area contributed by atoms with E-state index in [0.717, 1.165) is 43.7 Å². The molecule has 0 bridgehead atoms. The second kappa shape index (κ2) is 9.04. The molecule has 3 heterocycles. The molecule has 2 amide bonds. The first-order chi connectivity index (χ1) is 12.9. The van der Waals surface area contributed by atoms with E-state index in [0.29, 0.717) is 35.8 Å². The Bertz CT molecular complexity index is 668. The van der Waals surface area contributed by atoms with Crippen molar-refractivity contribution in [2.24, 2.45) is 11.8 Å². The molecule has 0 N–H and O–H groups in total. The summed E-state index contributed by atoms with van der Waals surface area (Å²) in [6, 6.07) is 1.93. The van der Waals surface area contributed by atoms with Crippen molar-refractivity contribution in [3.05, 3.63) is 17.5 Å². The zero-order chi connectivity index (χ0) is 19.4. The molecule has 0 radical (unpaired) electrons. The molecule has 27 heavy (non-hydrogen) atoms. The minimum absolute atomic E-state index is 0.0785. The summed E-state index contributed by atoms with van der Waals surface area (Å²) in [6.45, 7) is 9.23. The summed E-state index contributed by atoms with van der Waals surface area (Å²) in [5, 5.41) is 0.658. The minimum atomic E-state index is 0.0785. The van der Waals surface area contributed by atoms with Gasteiger partial charge in [-0.1, -0.05) is 18.7 Å². The number of rotatable bonds is 4. The van der Waals surface area contributed by atoms with Crippen molar-refractivity contribution in [3.63, 3.8) is 0 Å². The summed E-state index contributed by atoms with van der Waals surface area (Å²) in [5.74, 6) is 1.45. The van der Waals surface area contributed by atoms with Gasteiger partial charge in [-0.2, -0.15) is 0 Å². The molecule has 1 aromatic heterocycles. The average Bonchev–Trinajstić information content (AvgIpc) is 2.65. The van der Waals surface area contributed by atoms with Crippen molar-refractivity contribution in [1.29, 1.82) is 0 Å². The number of carbonyl (C=O) groups is 2. The van der Waals surface area contributed by atoms with E-state index in [1.165, 1.54) is 18.2 Å². The fourth-order valence-corrected chi connectivity index (χ4v) is 4.85. The molecule has 0 saturated carbocycles. The quantitative estimate of drug-likeness (QED) is 0.584. The van der Waals surface area contributed by atoms with Crippen molar-refractivity contribution in [2.75, 3.05) is 31.9 Å². The van der Waals surface area contributed by atoms with E-state index < -0.39 is 0 Å². The van der Waals surface area contributed by atoms with E-state index in [1.807, 2.05) is 29.7 Å². The van der Waals surface area contributed by atoms with Crippen LogP contribution in [-0.2, 0) is 9.59 Å². The number of aromatic nitrogens is 2. The third-order valence-electron chi connectivity index (χ3n) is 5.45. The average molecular weight is 391 g/mol. The summed E-state index contributed by atoms with van der Waals surface area (Å²) >= 11 is 1.39. The first kappa shape index (κ1) is 20.1. The molecule has 2 aliphatic rings. The Balaban J connectivity index is 1.45. The third-order valence-corrected chi connectivity index (χ3v) is 6.28. The van der Waals surface area contributed by atoms with Crippen LogP contribution < -0.4 is 0 Å². The Morgan fingerprint density at radius 2 is 1.74 bits per heavy atom. The van der Waals surface area contributed by atoms with Crippen LogP contribution in [0, 0.1) is 25.7 Å². The predicted molar refractivity (Wildman–Crippen MR) is 107 cm³/mol. The van der Waals surface area contributed by atoms with Crippen LogP contribution in [0.2, 0.25) is 0 Å². The third kappa shape index (κ3) is 5.43. The van der Waals surface area contributed by atoms with Crippen LogP contribution in [0.3, 0.4) is 0 Å². The number of hydrogen-bond donors (Lipinski definition) is 0. The summed E-state index contributed by atoms with van der Waals surface area (Å²) in [4.78, 5) is 38.0. The van der Waals surface area contributed by atoms with Gasteiger partial charge in [-0.25, -0.2) is 9.97 Å². The van der Waals surface area contributed by atoms with Gasteiger partial charge in [0.25, 0.3) is 0 Å². The number of hydrogen-bond acceptors (Lipinski definition) is 5. The highest BCUT2D eigenvalue weighted by atomic mass is 32.2. The van der Waals surface area contributed by atoms with Crippen molar-refractivity contribution in [2.45, 2.75) is 51.6 Å². The van der Waals surface area contributed by atoms with E-state index in [1.54, 1.807) is 0 Å². The molecular weight excluding hydrogens is 360 g/mol. The van der Waals surface area contributed by atoms with Crippen molar-refractivity contribution < 1.29 is 9.59 Å². The van der Waals surface area contributed by atoms with Gasteiger partial charge in [0, 0.05) is 43.5 Å². The molecule has 2 aliphatic heterocycles.